The summed E-state index contributed by atoms with van der Waals surface area (Å²) in [5.74, 6) is -0.215. The number of hydrogen-bond acceptors (Lipinski definition) is 3. The monoisotopic (exact) mass is 419 g/mol. The van der Waals surface area contributed by atoms with E-state index in [2.05, 4.69) is 59.2 Å². The van der Waals surface area contributed by atoms with Gasteiger partial charge in [-0.3, -0.25) is 4.79 Å². The summed E-state index contributed by atoms with van der Waals surface area (Å²) in [4.78, 5) is 12.1. The Hall–Kier alpha value is -4.31. The van der Waals surface area contributed by atoms with Crippen LogP contribution >= 0.6 is 0 Å². The van der Waals surface area contributed by atoms with Crippen molar-refractivity contribution in [1.82, 2.24) is 0 Å². The maximum atomic E-state index is 12.1. The van der Waals surface area contributed by atoms with Crippen LogP contribution < -0.4 is 16.4 Å². The van der Waals surface area contributed by atoms with Gasteiger partial charge >= 0.3 is 0 Å². The number of carbonyl (C=O) groups is 1. The van der Waals surface area contributed by atoms with E-state index in [1.807, 2.05) is 42.5 Å². The molecule has 0 saturated carbocycles. The number of nitrogens with one attached hydrogen (secondary N) is 2. The van der Waals surface area contributed by atoms with Gasteiger partial charge in [-0.25, -0.2) is 0 Å². The fourth-order valence-corrected chi connectivity index (χ4v) is 3.32. The Bertz CT molecular complexity index is 1200. The molecule has 4 aromatic carbocycles. The molecule has 0 aliphatic carbocycles. The molecule has 0 saturated heterocycles. The largest absolute Gasteiger partial charge is 0.397 e. The Labute approximate surface area is 188 Å². The molecule has 0 bridgehead atoms. The zero-order valence-corrected chi connectivity index (χ0v) is 17.7. The Morgan fingerprint density at radius 3 is 2.12 bits per heavy atom. The van der Waals surface area contributed by atoms with Gasteiger partial charge in [-0.2, -0.15) is 0 Å². The molecule has 4 N–H and O–H groups in total. The third kappa shape index (κ3) is 5.64. The minimum atomic E-state index is -0.215. The number of para-hydroxylation sites is 2. The summed E-state index contributed by atoms with van der Waals surface area (Å²) in [7, 11) is 0. The third-order valence-electron chi connectivity index (χ3n) is 5.11. The standard InChI is InChI=1S/C28H25N3O/c29-26-8-4-5-9-27(26)31-28(32)19-14-21-10-12-22(13-11-21)20-30-25-17-15-24(16-18-25)23-6-2-1-3-7-23/h1-19,30H,20,29H2,(H,31,32). The van der Waals surface area contributed by atoms with Gasteiger partial charge in [0.05, 0.1) is 11.4 Å². The van der Waals surface area contributed by atoms with Gasteiger partial charge in [0.1, 0.15) is 0 Å². The molecule has 4 aromatic rings. The van der Waals surface area contributed by atoms with Crippen LogP contribution in [0.2, 0.25) is 0 Å². The minimum absolute atomic E-state index is 0.215. The topological polar surface area (TPSA) is 67.1 Å². The van der Waals surface area contributed by atoms with Gasteiger partial charge in [-0.05, 0) is 52.6 Å². The van der Waals surface area contributed by atoms with Crippen molar-refractivity contribution in [3.63, 3.8) is 0 Å². The van der Waals surface area contributed by atoms with E-state index in [0.717, 1.165) is 23.4 Å². The number of amides is 1. The second-order valence-electron chi connectivity index (χ2n) is 7.45. The molecule has 0 aromatic heterocycles. The lowest BCUT2D eigenvalue weighted by Crippen LogP contribution is -2.09. The molecule has 0 aliphatic heterocycles. The summed E-state index contributed by atoms with van der Waals surface area (Å²) in [6.07, 6.45) is 3.29. The van der Waals surface area contributed by atoms with Gasteiger partial charge in [-0.15, -0.1) is 0 Å². The molecular formula is C28H25N3O. The normalized spacial score (nSPS) is 10.8. The van der Waals surface area contributed by atoms with Crippen LogP contribution in [-0.4, -0.2) is 5.91 Å². The molecule has 0 radical (unpaired) electrons. The average Bonchev–Trinajstić information content (AvgIpc) is 2.84. The van der Waals surface area contributed by atoms with Crippen LogP contribution in [0.1, 0.15) is 11.1 Å². The number of carbonyl (C=O) groups excluding carboxylic acids is 1. The van der Waals surface area contributed by atoms with Gasteiger partial charge < -0.3 is 16.4 Å². The van der Waals surface area contributed by atoms with Crippen molar-refractivity contribution < 1.29 is 4.79 Å². The van der Waals surface area contributed by atoms with Crippen molar-refractivity contribution in [3.8, 4) is 11.1 Å². The fourth-order valence-electron chi connectivity index (χ4n) is 3.32. The van der Waals surface area contributed by atoms with Crippen LogP contribution in [0.5, 0.6) is 0 Å². The predicted octanol–water partition coefficient (Wildman–Crippen LogP) is 6.20. The predicted molar refractivity (Wildman–Crippen MR) is 134 cm³/mol. The van der Waals surface area contributed by atoms with Crippen LogP contribution in [0.25, 0.3) is 17.2 Å². The summed E-state index contributed by atoms with van der Waals surface area (Å²) < 4.78 is 0. The Balaban J connectivity index is 1.29. The average molecular weight is 420 g/mol. The van der Waals surface area contributed by atoms with Crippen molar-refractivity contribution in [2.45, 2.75) is 6.54 Å². The highest BCUT2D eigenvalue weighted by Crippen LogP contribution is 2.21. The Morgan fingerprint density at radius 1 is 0.750 bits per heavy atom. The number of hydrogen-bond donors (Lipinski definition) is 3. The van der Waals surface area contributed by atoms with Gasteiger partial charge in [0.25, 0.3) is 0 Å². The highest BCUT2D eigenvalue weighted by molar-refractivity contribution is 6.03. The highest BCUT2D eigenvalue weighted by Gasteiger charge is 2.01. The van der Waals surface area contributed by atoms with E-state index in [1.54, 1.807) is 18.2 Å². The van der Waals surface area contributed by atoms with Gasteiger partial charge in [0.15, 0.2) is 0 Å². The van der Waals surface area contributed by atoms with Crippen LogP contribution in [-0.2, 0) is 11.3 Å². The van der Waals surface area contributed by atoms with Crippen LogP contribution in [0.15, 0.2) is 109 Å². The van der Waals surface area contributed by atoms with Crippen molar-refractivity contribution in [2.24, 2.45) is 0 Å². The molecule has 0 atom stereocenters. The molecule has 0 fully saturated rings. The number of rotatable bonds is 7. The minimum Gasteiger partial charge on any atom is -0.397 e. The first-order valence-corrected chi connectivity index (χ1v) is 10.5. The van der Waals surface area contributed by atoms with Crippen molar-refractivity contribution >= 4 is 29.0 Å². The van der Waals surface area contributed by atoms with E-state index in [1.165, 1.54) is 17.2 Å². The van der Waals surface area contributed by atoms with Crippen LogP contribution in [0.4, 0.5) is 17.1 Å². The van der Waals surface area contributed by atoms with Gasteiger partial charge in [-0.1, -0.05) is 78.9 Å². The van der Waals surface area contributed by atoms with E-state index in [9.17, 15) is 4.79 Å². The first kappa shape index (κ1) is 20.9. The van der Waals surface area contributed by atoms with E-state index >= 15 is 0 Å². The molecule has 1 amide bonds. The van der Waals surface area contributed by atoms with Crippen molar-refractivity contribution in [3.05, 3.63) is 120 Å². The highest BCUT2D eigenvalue weighted by atomic mass is 16.1. The van der Waals surface area contributed by atoms with E-state index in [4.69, 9.17) is 5.73 Å². The molecule has 4 nitrogen and oxygen atoms in total. The molecule has 4 rings (SSSR count). The smallest absolute Gasteiger partial charge is 0.248 e. The lowest BCUT2D eigenvalue weighted by atomic mass is 10.1. The SMILES string of the molecule is Nc1ccccc1NC(=O)C=Cc1ccc(CNc2ccc(-c3ccccc3)cc2)cc1. The zero-order chi connectivity index (χ0) is 22.2. The second-order valence-corrected chi connectivity index (χ2v) is 7.45. The number of nitrogens with two attached hydrogens (primary N) is 1. The number of nitrogen functional groups attached to an aromatic ring is 1. The van der Waals surface area contributed by atoms with E-state index in [-0.39, 0.29) is 5.91 Å². The second kappa shape index (κ2) is 10.1. The maximum absolute atomic E-state index is 12.1. The molecule has 0 heterocycles. The summed E-state index contributed by atoms with van der Waals surface area (Å²) in [5.41, 5.74) is 12.6. The van der Waals surface area contributed by atoms with Gasteiger partial charge in [0, 0.05) is 18.3 Å². The molecule has 0 spiro atoms. The first-order valence-electron chi connectivity index (χ1n) is 10.5. The third-order valence-corrected chi connectivity index (χ3v) is 5.11. The molecule has 0 unspecified atom stereocenters. The molecular weight excluding hydrogens is 394 g/mol. The lowest BCUT2D eigenvalue weighted by molar-refractivity contribution is -0.111. The lowest BCUT2D eigenvalue weighted by Gasteiger charge is -2.08. The molecule has 158 valence electrons. The summed E-state index contributed by atoms with van der Waals surface area (Å²) in [5, 5.41) is 6.23. The fraction of sp³-hybridized carbons (Fsp3) is 0.0357. The molecule has 32 heavy (non-hydrogen) atoms. The quantitative estimate of drug-likeness (QED) is 0.247. The number of anilines is 3. The molecule has 0 aliphatic rings. The van der Waals surface area contributed by atoms with Crippen molar-refractivity contribution in [1.29, 1.82) is 0 Å². The Morgan fingerprint density at radius 2 is 1.41 bits per heavy atom. The Kier molecular flexibility index (Phi) is 6.63. The van der Waals surface area contributed by atoms with E-state index < -0.39 is 0 Å². The number of benzene rings is 4. The maximum Gasteiger partial charge on any atom is 0.248 e. The molecule has 4 heteroatoms. The van der Waals surface area contributed by atoms with Crippen molar-refractivity contribution in [2.75, 3.05) is 16.4 Å². The zero-order valence-electron chi connectivity index (χ0n) is 17.7. The van der Waals surface area contributed by atoms with Gasteiger partial charge in [0.2, 0.25) is 5.91 Å². The first-order chi connectivity index (χ1) is 15.7. The summed E-state index contributed by atoms with van der Waals surface area (Å²) in [6.45, 7) is 0.725. The van der Waals surface area contributed by atoms with Crippen LogP contribution in [0.3, 0.4) is 0 Å². The summed E-state index contributed by atoms with van der Waals surface area (Å²) in [6, 6.07) is 34.1. The van der Waals surface area contributed by atoms with Crippen LogP contribution in [0, 0.1) is 0 Å². The summed E-state index contributed by atoms with van der Waals surface area (Å²) >= 11 is 0. The van der Waals surface area contributed by atoms with E-state index in [0.29, 0.717) is 11.4 Å².